The predicted molar refractivity (Wildman–Crippen MR) is 67.7 cm³/mol. The van der Waals surface area contributed by atoms with Crippen molar-refractivity contribution >= 4 is 17.0 Å². The third-order valence-electron chi connectivity index (χ3n) is 2.81. The first kappa shape index (κ1) is 11.9. The summed E-state index contributed by atoms with van der Waals surface area (Å²) in [6.45, 7) is 1.72. The first-order chi connectivity index (χ1) is 8.33. The number of hydrogen-bond donors (Lipinski definition) is 1. The molecule has 5 nitrogen and oxygen atoms in total. The smallest absolute Gasteiger partial charge is 0.201 e. The molecular weight excluding hydrogens is 216 g/mol. The van der Waals surface area contributed by atoms with Gasteiger partial charge in [0.25, 0.3) is 0 Å². The Morgan fingerprint density at radius 3 is 3.06 bits per heavy atom. The number of pyridine rings is 1. The average molecular weight is 234 g/mol. The Labute approximate surface area is 101 Å². The van der Waals surface area contributed by atoms with E-state index in [9.17, 15) is 0 Å². The minimum atomic E-state index is 0.569. The zero-order valence-corrected chi connectivity index (χ0v) is 10.1. The molecular formula is C12H18N4O. The maximum atomic E-state index is 5.89. The van der Waals surface area contributed by atoms with E-state index in [0.717, 1.165) is 43.4 Å². The highest BCUT2D eigenvalue weighted by Crippen LogP contribution is 2.17. The van der Waals surface area contributed by atoms with Crippen LogP contribution in [0, 0.1) is 0 Å². The number of unbranched alkanes of at least 4 members (excludes halogenated alkanes) is 2. The zero-order valence-electron chi connectivity index (χ0n) is 10.1. The summed E-state index contributed by atoms with van der Waals surface area (Å²) in [6.07, 6.45) is 6.82. The molecule has 0 aliphatic carbocycles. The van der Waals surface area contributed by atoms with Gasteiger partial charge >= 0.3 is 0 Å². The van der Waals surface area contributed by atoms with Gasteiger partial charge in [0.2, 0.25) is 5.95 Å². The van der Waals surface area contributed by atoms with Gasteiger partial charge in [0.1, 0.15) is 5.52 Å². The summed E-state index contributed by atoms with van der Waals surface area (Å²) in [5.41, 5.74) is 7.82. The molecule has 0 atom stereocenters. The maximum absolute atomic E-state index is 5.89. The van der Waals surface area contributed by atoms with Crippen molar-refractivity contribution in [3.63, 3.8) is 0 Å². The van der Waals surface area contributed by atoms with Gasteiger partial charge in [0.15, 0.2) is 0 Å². The molecule has 17 heavy (non-hydrogen) atoms. The van der Waals surface area contributed by atoms with Gasteiger partial charge in [-0.05, 0) is 25.3 Å². The Balaban J connectivity index is 2.00. The third kappa shape index (κ3) is 2.74. The SMILES string of the molecule is COCCCCCn1c(N)nc2cnccc21. The highest BCUT2D eigenvalue weighted by molar-refractivity contribution is 5.76. The molecule has 0 aliphatic heterocycles. The largest absolute Gasteiger partial charge is 0.385 e. The average Bonchev–Trinajstić information content (AvgIpc) is 2.65. The quantitative estimate of drug-likeness (QED) is 0.774. The molecule has 0 fully saturated rings. The van der Waals surface area contributed by atoms with Crippen molar-refractivity contribution in [2.24, 2.45) is 0 Å². The lowest BCUT2D eigenvalue weighted by Gasteiger charge is -2.05. The van der Waals surface area contributed by atoms with Gasteiger partial charge in [0.05, 0.1) is 11.7 Å². The number of aromatic nitrogens is 3. The number of nitrogen functional groups attached to an aromatic ring is 1. The van der Waals surface area contributed by atoms with Gasteiger partial charge in [-0.3, -0.25) is 4.98 Å². The van der Waals surface area contributed by atoms with Crippen molar-refractivity contribution in [1.82, 2.24) is 14.5 Å². The third-order valence-corrected chi connectivity index (χ3v) is 2.81. The molecule has 0 unspecified atom stereocenters. The maximum Gasteiger partial charge on any atom is 0.201 e. The van der Waals surface area contributed by atoms with Crippen LogP contribution in [0.25, 0.3) is 11.0 Å². The minimum absolute atomic E-state index is 0.569. The fraction of sp³-hybridized carbons (Fsp3) is 0.500. The number of nitrogens with zero attached hydrogens (tertiary/aromatic N) is 3. The van der Waals surface area contributed by atoms with Crippen molar-refractivity contribution in [1.29, 1.82) is 0 Å². The van der Waals surface area contributed by atoms with E-state index in [1.54, 1.807) is 19.5 Å². The molecule has 0 saturated carbocycles. The topological polar surface area (TPSA) is 66.0 Å². The van der Waals surface area contributed by atoms with E-state index in [4.69, 9.17) is 10.5 Å². The first-order valence-electron chi connectivity index (χ1n) is 5.87. The summed E-state index contributed by atoms with van der Waals surface area (Å²) in [5.74, 6) is 0.569. The van der Waals surface area contributed by atoms with Crippen LogP contribution in [0.15, 0.2) is 18.5 Å². The highest BCUT2D eigenvalue weighted by atomic mass is 16.5. The molecule has 0 aliphatic rings. The lowest BCUT2D eigenvalue weighted by Crippen LogP contribution is -2.03. The van der Waals surface area contributed by atoms with Crippen molar-refractivity contribution in [3.05, 3.63) is 18.5 Å². The normalized spacial score (nSPS) is 11.1. The molecule has 0 aromatic carbocycles. The molecule has 2 aromatic rings. The molecule has 2 aromatic heterocycles. The Hall–Kier alpha value is -1.62. The molecule has 2 heterocycles. The van der Waals surface area contributed by atoms with Crippen LogP contribution in [0.4, 0.5) is 5.95 Å². The summed E-state index contributed by atoms with van der Waals surface area (Å²) in [4.78, 5) is 8.32. The van der Waals surface area contributed by atoms with E-state index >= 15 is 0 Å². The number of hydrogen-bond acceptors (Lipinski definition) is 4. The van der Waals surface area contributed by atoms with Crippen molar-refractivity contribution < 1.29 is 4.74 Å². The standard InChI is InChI=1S/C12H18N4O/c1-17-8-4-2-3-7-16-11-5-6-14-9-10(11)15-12(16)13/h5-6,9H,2-4,7-8H2,1H3,(H2,13,15). The minimum Gasteiger partial charge on any atom is -0.385 e. The Morgan fingerprint density at radius 2 is 2.24 bits per heavy atom. The van der Waals surface area contributed by atoms with Gasteiger partial charge in [-0.2, -0.15) is 0 Å². The van der Waals surface area contributed by atoms with E-state index in [-0.39, 0.29) is 0 Å². The second kappa shape index (κ2) is 5.63. The fourth-order valence-corrected chi connectivity index (χ4v) is 1.93. The summed E-state index contributed by atoms with van der Waals surface area (Å²) in [7, 11) is 1.73. The van der Waals surface area contributed by atoms with Gasteiger partial charge in [0, 0.05) is 26.5 Å². The van der Waals surface area contributed by atoms with Crippen LogP contribution in [0.3, 0.4) is 0 Å². The van der Waals surface area contributed by atoms with Gasteiger partial charge in [-0.1, -0.05) is 0 Å². The second-order valence-electron chi connectivity index (χ2n) is 4.04. The van der Waals surface area contributed by atoms with E-state index in [1.165, 1.54) is 0 Å². The molecule has 0 bridgehead atoms. The molecule has 2 N–H and O–H groups in total. The summed E-state index contributed by atoms with van der Waals surface area (Å²) < 4.78 is 7.07. The van der Waals surface area contributed by atoms with Crippen LogP contribution in [-0.4, -0.2) is 28.3 Å². The fourth-order valence-electron chi connectivity index (χ4n) is 1.93. The molecule has 0 radical (unpaired) electrons. The molecule has 2 rings (SSSR count). The van der Waals surface area contributed by atoms with E-state index in [1.807, 2.05) is 10.6 Å². The number of aryl methyl sites for hydroxylation is 1. The van der Waals surface area contributed by atoms with Gasteiger partial charge in [-0.25, -0.2) is 4.98 Å². The van der Waals surface area contributed by atoms with Crippen LogP contribution >= 0.6 is 0 Å². The lowest BCUT2D eigenvalue weighted by molar-refractivity contribution is 0.191. The predicted octanol–water partition coefficient (Wildman–Crippen LogP) is 1.83. The van der Waals surface area contributed by atoms with Gasteiger partial charge < -0.3 is 15.0 Å². The molecule has 0 saturated heterocycles. The van der Waals surface area contributed by atoms with Crippen molar-refractivity contribution in [2.45, 2.75) is 25.8 Å². The van der Waals surface area contributed by atoms with Gasteiger partial charge in [-0.15, -0.1) is 0 Å². The molecule has 0 spiro atoms. The molecule has 5 heteroatoms. The number of rotatable bonds is 6. The van der Waals surface area contributed by atoms with Crippen LogP contribution < -0.4 is 5.73 Å². The number of methoxy groups -OCH3 is 1. The van der Waals surface area contributed by atoms with Crippen LogP contribution in [0.1, 0.15) is 19.3 Å². The van der Waals surface area contributed by atoms with E-state index in [2.05, 4.69) is 9.97 Å². The number of nitrogens with two attached hydrogens (primary N) is 1. The van der Waals surface area contributed by atoms with Crippen LogP contribution in [0.2, 0.25) is 0 Å². The first-order valence-corrected chi connectivity index (χ1v) is 5.87. The summed E-state index contributed by atoms with van der Waals surface area (Å²) >= 11 is 0. The monoisotopic (exact) mass is 234 g/mol. The zero-order chi connectivity index (χ0) is 12.1. The Kier molecular flexibility index (Phi) is 3.93. The number of anilines is 1. The van der Waals surface area contributed by atoms with Crippen molar-refractivity contribution in [3.8, 4) is 0 Å². The number of fused-ring (bicyclic) bond motifs is 1. The van der Waals surface area contributed by atoms with Crippen molar-refractivity contribution in [2.75, 3.05) is 19.5 Å². The molecule has 92 valence electrons. The Morgan fingerprint density at radius 1 is 1.35 bits per heavy atom. The van der Waals surface area contributed by atoms with Crippen LogP contribution in [0.5, 0.6) is 0 Å². The van der Waals surface area contributed by atoms with Crippen LogP contribution in [-0.2, 0) is 11.3 Å². The summed E-state index contributed by atoms with van der Waals surface area (Å²) in [5, 5.41) is 0. The Bertz CT molecular complexity index is 480. The van der Waals surface area contributed by atoms with E-state index in [0.29, 0.717) is 5.95 Å². The summed E-state index contributed by atoms with van der Waals surface area (Å²) in [6, 6.07) is 1.95. The number of ether oxygens (including phenoxy) is 1. The highest BCUT2D eigenvalue weighted by Gasteiger charge is 2.06. The lowest BCUT2D eigenvalue weighted by atomic mass is 10.2. The molecule has 0 amide bonds. The number of imidazole rings is 1. The second-order valence-corrected chi connectivity index (χ2v) is 4.04. The van der Waals surface area contributed by atoms with E-state index < -0.39 is 0 Å².